The van der Waals surface area contributed by atoms with Crippen LogP contribution in [0.4, 0.5) is 34.1 Å². The first kappa shape index (κ1) is 77.4. The van der Waals surface area contributed by atoms with E-state index in [-0.39, 0.29) is 11.5 Å². The largest absolute Gasteiger partial charge is 0.310 e. The smallest absolute Gasteiger partial charge is 0.235 e. The lowest BCUT2D eigenvalue weighted by molar-refractivity contribution is 0.632. The fraction of sp³-hybridized carbons (Fsp3) is 0.0924. The maximum atomic E-state index is 8.37. The molecule has 0 saturated heterocycles. The van der Waals surface area contributed by atoms with Gasteiger partial charge in [0.15, 0.2) is 0 Å². The number of fused-ring (bicyclic) bond motifs is 16. The van der Waals surface area contributed by atoms with Gasteiger partial charge in [-0.1, -0.05) is 326 Å². The standard InChI is InChI=1S/C119H92N8/c1-8-9-29-76(2)104(120)43-18-10-13-30-77(3)121-75-78-46-59-90(60-47-78)126-108-68-56-79-31-19-21-37-93(79)114(108)98-61-52-83(71-110(98)126)85-55-66-102-113(74-85)125(89-35-16-12-17-36-89)107-67-58-87(70-103(107)119(102,6)7)92-64-63-91(95-39-23-24-40-96(92)95)81-48-50-82(51-49-81)116-97-41-25-27-44-105(97)122-117(123-116)127-109-69-57-80-32-20-22-38-94(80)115(109)99-62-53-84(72-111(99)127)86-54-65-101-112(73-86)124(88-33-14-11-15-34-88)106-45-28-26-42-100(106)118(101,4)5/h8,10-28,30-42,44-75,77,120H,1-2,9,29,43H2,3-7H3/b18-10-,30-13-,120-104?,121-75?. The molecule has 0 fully saturated rings. The van der Waals surface area contributed by atoms with Gasteiger partial charge in [-0.15, -0.1) is 6.58 Å². The Kier molecular flexibility index (Phi) is 19.1. The molecule has 1 N–H and O–H groups in total. The van der Waals surface area contributed by atoms with E-state index in [1.54, 1.807) is 0 Å². The first-order valence-electron chi connectivity index (χ1n) is 44.1. The zero-order valence-corrected chi connectivity index (χ0v) is 71.8. The van der Waals surface area contributed by atoms with Crippen LogP contribution in [0, 0.1) is 5.41 Å². The fourth-order valence-electron chi connectivity index (χ4n) is 20.2. The Labute approximate surface area is 740 Å². The number of hydrogen-bond acceptors (Lipinski definition) is 6. The third-order valence-corrected chi connectivity index (χ3v) is 26.7. The van der Waals surface area contributed by atoms with Crippen molar-refractivity contribution in [2.75, 3.05) is 9.80 Å². The highest BCUT2D eigenvalue weighted by Crippen LogP contribution is 2.57. The van der Waals surface area contributed by atoms with Crippen LogP contribution in [0.3, 0.4) is 0 Å². The SMILES string of the molecule is C=CCCC(=C)C(=N)C/C=C\C=C/C(C)N=Cc1ccc(-n2c3cc(-c4ccc5c(c4)N(c4ccccc4)c4ccc(-c6ccc(-c7ccc(-c8nc(-n9c%10cc(-c%11ccc%12c(c%11)N(c%11ccccc%11)c%11ccccc%11C%12(C)C)ccc%10c%10c%11ccccc%11ccc%109)nc9ccccc89)cc7)c7ccccc67)cc4C5(C)C)ccc3c3c4ccccc4ccc32)cc1. The van der Waals surface area contributed by atoms with Crippen LogP contribution < -0.4 is 9.80 Å². The summed E-state index contributed by atoms with van der Waals surface area (Å²) in [6.07, 6.45) is 14.1. The number of nitrogens with zero attached hydrogens (tertiary/aromatic N) is 7. The van der Waals surface area contributed by atoms with Crippen LogP contribution in [0.2, 0.25) is 0 Å². The first-order chi connectivity index (χ1) is 62.2. The number of para-hydroxylation sites is 4. The second-order valence-corrected chi connectivity index (χ2v) is 35.0. The van der Waals surface area contributed by atoms with Gasteiger partial charge in [-0.25, -0.2) is 9.97 Å². The number of aromatic nitrogens is 4. The lowest BCUT2D eigenvalue weighted by Crippen LogP contribution is -2.30. The molecule has 127 heavy (non-hydrogen) atoms. The molecular weight excluding hydrogens is 1540 g/mol. The van der Waals surface area contributed by atoms with Crippen molar-refractivity contribution in [1.29, 1.82) is 5.41 Å². The second kappa shape index (κ2) is 31.3. The van der Waals surface area contributed by atoms with Gasteiger partial charge in [0.05, 0.1) is 62.1 Å². The van der Waals surface area contributed by atoms with Crippen molar-refractivity contribution in [1.82, 2.24) is 19.1 Å². The average Bonchev–Trinajstić information content (AvgIpc) is 1.71. The molecule has 8 nitrogen and oxygen atoms in total. The minimum atomic E-state index is -0.393. The lowest BCUT2D eigenvalue weighted by Gasteiger charge is -2.42. The Balaban J connectivity index is 0.585. The molecule has 5 heterocycles. The monoisotopic (exact) mass is 1630 g/mol. The molecule has 3 aromatic heterocycles. The molecule has 1 unspecified atom stereocenters. The van der Waals surface area contributed by atoms with Crippen molar-refractivity contribution in [2.45, 2.75) is 70.8 Å². The summed E-state index contributed by atoms with van der Waals surface area (Å²) in [5, 5.41) is 21.3. The predicted molar refractivity (Wildman–Crippen MR) is 538 cm³/mol. The van der Waals surface area contributed by atoms with Gasteiger partial charge < -0.3 is 19.8 Å². The van der Waals surface area contributed by atoms with Crippen molar-refractivity contribution in [3.05, 3.63) is 435 Å². The third kappa shape index (κ3) is 13.3. The topological polar surface area (TPSA) is 78.3 Å². The number of allylic oxidation sites excluding steroid dienone is 5. The molecule has 608 valence electrons. The van der Waals surface area contributed by atoms with E-state index in [0.717, 1.165) is 135 Å². The Hall–Kier alpha value is -15.6. The molecule has 0 aliphatic carbocycles. The maximum absolute atomic E-state index is 8.37. The maximum Gasteiger partial charge on any atom is 0.235 e. The van der Waals surface area contributed by atoms with Crippen molar-refractivity contribution in [3.63, 3.8) is 0 Å². The highest BCUT2D eigenvalue weighted by molar-refractivity contribution is 6.23. The highest BCUT2D eigenvalue weighted by atomic mass is 15.2. The van der Waals surface area contributed by atoms with Crippen molar-refractivity contribution in [2.24, 2.45) is 4.99 Å². The molecule has 2 aliphatic heterocycles. The number of hydrogen-bond donors (Lipinski definition) is 1. The summed E-state index contributed by atoms with van der Waals surface area (Å²) in [5.41, 5.74) is 31.2. The zero-order valence-electron chi connectivity index (χ0n) is 71.8. The quantitative estimate of drug-likeness (QED) is 0.0497. The van der Waals surface area contributed by atoms with E-state index in [1.807, 2.05) is 30.5 Å². The molecule has 0 radical (unpaired) electrons. The molecule has 20 aromatic rings. The summed E-state index contributed by atoms with van der Waals surface area (Å²) in [6, 6.07) is 132. The minimum Gasteiger partial charge on any atom is -0.310 e. The predicted octanol–water partition coefficient (Wildman–Crippen LogP) is 31.7. The van der Waals surface area contributed by atoms with Gasteiger partial charge in [-0.2, -0.15) is 0 Å². The third-order valence-electron chi connectivity index (χ3n) is 26.7. The summed E-state index contributed by atoms with van der Waals surface area (Å²) in [5.74, 6) is 0.614. The van der Waals surface area contributed by atoms with E-state index in [2.05, 4.69) is 431 Å². The van der Waals surface area contributed by atoms with Gasteiger partial charge in [-0.3, -0.25) is 9.56 Å². The zero-order chi connectivity index (χ0) is 85.8. The summed E-state index contributed by atoms with van der Waals surface area (Å²) in [6.45, 7) is 19.5. The number of benzene rings is 17. The van der Waals surface area contributed by atoms with Crippen LogP contribution in [-0.2, 0) is 10.8 Å². The Morgan fingerprint density at radius 1 is 0.394 bits per heavy atom. The number of anilines is 6. The highest BCUT2D eigenvalue weighted by Gasteiger charge is 2.40. The number of rotatable bonds is 19. The Morgan fingerprint density at radius 3 is 1.50 bits per heavy atom. The number of aliphatic imine (C=N–C) groups is 1. The van der Waals surface area contributed by atoms with Gasteiger partial charge in [0, 0.05) is 78.7 Å². The van der Waals surface area contributed by atoms with E-state index in [1.165, 1.54) is 93.2 Å². The van der Waals surface area contributed by atoms with Gasteiger partial charge in [0.2, 0.25) is 5.95 Å². The Morgan fingerprint density at radius 2 is 0.882 bits per heavy atom. The van der Waals surface area contributed by atoms with Crippen LogP contribution in [0.25, 0.3) is 154 Å². The van der Waals surface area contributed by atoms with E-state index in [4.69, 9.17) is 20.4 Å². The molecule has 0 spiro atoms. The van der Waals surface area contributed by atoms with Gasteiger partial charge in [0.25, 0.3) is 0 Å². The summed E-state index contributed by atoms with van der Waals surface area (Å²) < 4.78 is 4.74. The van der Waals surface area contributed by atoms with Gasteiger partial charge in [0.1, 0.15) is 0 Å². The Bertz CT molecular complexity index is 7990. The summed E-state index contributed by atoms with van der Waals surface area (Å²) in [7, 11) is 0. The first-order valence-corrected chi connectivity index (χ1v) is 44.1. The molecule has 0 saturated carbocycles. The fourth-order valence-corrected chi connectivity index (χ4v) is 20.2. The molecule has 8 heteroatoms. The minimum absolute atomic E-state index is 0.0298. The normalized spacial score (nSPS) is 13.7. The molecular formula is C119H92N8. The summed E-state index contributed by atoms with van der Waals surface area (Å²) in [4.78, 5) is 21.0. The molecule has 1 atom stereocenters. The van der Waals surface area contributed by atoms with Crippen molar-refractivity contribution < 1.29 is 0 Å². The molecule has 2 aliphatic rings. The van der Waals surface area contributed by atoms with Crippen LogP contribution >= 0.6 is 0 Å². The molecule has 0 bridgehead atoms. The van der Waals surface area contributed by atoms with Crippen LogP contribution in [0.5, 0.6) is 0 Å². The van der Waals surface area contributed by atoms with E-state index in [9.17, 15) is 0 Å². The average molecular weight is 1630 g/mol. The molecule has 22 rings (SSSR count). The molecule has 0 amide bonds. The van der Waals surface area contributed by atoms with E-state index < -0.39 is 5.41 Å². The lowest BCUT2D eigenvalue weighted by atomic mass is 9.72. The van der Waals surface area contributed by atoms with E-state index >= 15 is 0 Å². The van der Waals surface area contributed by atoms with Gasteiger partial charge >= 0.3 is 0 Å². The van der Waals surface area contributed by atoms with Crippen molar-refractivity contribution >= 4 is 133 Å². The van der Waals surface area contributed by atoms with Gasteiger partial charge in [-0.05, 0) is 227 Å². The van der Waals surface area contributed by atoms with Crippen LogP contribution in [0.1, 0.15) is 81.7 Å². The second-order valence-electron chi connectivity index (χ2n) is 35.0. The van der Waals surface area contributed by atoms with Crippen LogP contribution in [0.15, 0.2) is 412 Å². The molecule has 17 aromatic carbocycles. The number of nitrogens with one attached hydrogen (secondary N) is 1. The van der Waals surface area contributed by atoms with E-state index in [0.29, 0.717) is 18.1 Å². The summed E-state index contributed by atoms with van der Waals surface area (Å²) >= 11 is 0. The van der Waals surface area contributed by atoms with Crippen molar-refractivity contribution in [3.8, 4) is 67.4 Å². The van der Waals surface area contributed by atoms with Crippen LogP contribution in [-0.4, -0.2) is 37.1 Å².